The standard InChI is InChI=1S/C16H18ClNO3/c17-13-6-7-16(15(8-13)18-9-14(20)10-19)21-11-12-4-2-1-3-5-12/h1-8,14,18-20H,9-11H2. The summed E-state index contributed by atoms with van der Waals surface area (Å²) in [6, 6.07) is 15.1. The Labute approximate surface area is 129 Å². The van der Waals surface area contributed by atoms with Gasteiger partial charge in [-0.3, -0.25) is 0 Å². The molecule has 0 saturated carbocycles. The first-order chi connectivity index (χ1) is 10.2. The van der Waals surface area contributed by atoms with Crippen LogP contribution in [0, 0.1) is 0 Å². The third kappa shape index (κ3) is 4.93. The summed E-state index contributed by atoms with van der Waals surface area (Å²) in [4.78, 5) is 0. The van der Waals surface area contributed by atoms with E-state index in [1.165, 1.54) is 0 Å². The van der Waals surface area contributed by atoms with E-state index in [1.54, 1.807) is 18.2 Å². The van der Waals surface area contributed by atoms with Crippen molar-refractivity contribution in [2.24, 2.45) is 0 Å². The Bertz CT molecular complexity index is 563. The quantitative estimate of drug-likeness (QED) is 0.736. The minimum atomic E-state index is -0.828. The lowest BCUT2D eigenvalue weighted by Crippen LogP contribution is -2.23. The molecule has 112 valence electrons. The number of benzene rings is 2. The molecule has 0 amide bonds. The molecular formula is C16H18ClNO3. The zero-order valence-corrected chi connectivity index (χ0v) is 12.3. The zero-order chi connectivity index (χ0) is 15.1. The van der Waals surface area contributed by atoms with Crippen molar-refractivity contribution in [1.82, 2.24) is 0 Å². The monoisotopic (exact) mass is 307 g/mol. The van der Waals surface area contributed by atoms with Crippen LogP contribution in [-0.2, 0) is 6.61 Å². The molecule has 1 atom stereocenters. The lowest BCUT2D eigenvalue weighted by Gasteiger charge is -2.15. The van der Waals surface area contributed by atoms with E-state index in [0.717, 1.165) is 5.56 Å². The van der Waals surface area contributed by atoms with E-state index in [-0.39, 0.29) is 13.2 Å². The smallest absolute Gasteiger partial charge is 0.143 e. The fourth-order valence-electron chi connectivity index (χ4n) is 1.79. The maximum absolute atomic E-state index is 9.40. The van der Waals surface area contributed by atoms with Crippen LogP contribution in [0.1, 0.15) is 5.56 Å². The fraction of sp³-hybridized carbons (Fsp3) is 0.250. The summed E-state index contributed by atoms with van der Waals surface area (Å²) in [7, 11) is 0. The van der Waals surface area contributed by atoms with Gasteiger partial charge in [-0.25, -0.2) is 0 Å². The van der Waals surface area contributed by atoms with Crippen molar-refractivity contribution in [1.29, 1.82) is 0 Å². The van der Waals surface area contributed by atoms with E-state index >= 15 is 0 Å². The van der Waals surface area contributed by atoms with Crippen LogP contribution in [0.2, 0.25) is 5.02 Å². The largest absolute Gasteiger partial charge is 0.487 e. The van der Waals surface area contributed by atoms with Crippen LogP contribution in [0.3, 0.4) is 0 Å². The molecule has 0 fully saturated rings. The number of halogens is 1. The first-order valence-electron chi connectivity index (χ1n) is 6.68. The van der Waals surface area contributed by atoms with E-state index < -0.39 is 6.10 Å². The van der Waals surface area contributed by atoms with Gasteiger partial charge in [0.15, 0.2) is 0 Å². The number of rotatable bonds is 7. The Morgan fingerprint density at radius 2 is 1.90 bits per heavy atom. The van der Waals surface area contributed by atoms with Gasteiger partial charge >= 0.3 is 0 Å². The summed E-state index contributed by atoms with van der Waals surface area (Å²) in [5.74, 6) is 0.647. The molecule has 0 radical (unpaired) electrons. The van der Waals surface area contributed by atoms with Crippen LogP contribution < -0.4 is 10.1 Å². The number of aliphatic hydroxyl groups is 2. The summed E-state index contributed by atoms with van der Waals surface area (Å²) >= 11 is 5.98. The lowest BCUT2D eigenvalue weighted by molar-refractivity contribution is 0.105. The van der Waals surface area contributed by atoms with Crippen LogP contribution >= 0.6 is 11.6 Å². The van der Waals surface area contributed by atoms with Crippen LogP contribution in [0.4, 0.5) is 5.69 Å². The van der Waals surface area contributed by atoms with E-state index in [1.807, 2.05) is 30.3 Å². The Morgan fingerprint density at radius 1 is 1.14 bits per heavy atom. The Hall–Kier alpha value is -1.75. The first-order valence-corrected chi connectivity index (χ1v) is 7.06. The number of nitrogens with one attached hydrogen (secondary N) is 1. The number of hydrogen-bond acceptors (Lipinski definition) is 4. The molecule has 0 aromatic heterocycles. The third-order valence-electron chi connectivity index (χ3n) is 2.92. The Balaban J connectivity index is 2.04. The van der Waals surface area contributed by atoms with Crippen molar-refractivity contribution in [3.63, 3.8) is 0 Å². The molecule has 21 heavy (non-hydrogen) atoms. The molecule has 4 nitrogen and oxygen atoms in total. The average Bonchev–Trinajstić information content (AvgIpc) is 2.52. The lowest BCUT2D eigenvalue weighted by atomic mass is 10.2. The highest BCUT2D eigenvalue weighted by atomic mass is 35.5. The van der Waals surface area contributed by atoms with Gasteiger partial charge in [0.2, 0.25) is 0 Å². The Morgan fingerprint density at radius 3 is 2.62 bits per heavy atom. The molecule has 3 N–H and O–H groups in total. The molecule has 2 aromatic carbocycles. The second-order valence-electron chi connectivity index (χ2n) is 4.63. The van der Waals surface area contributed by atoms with E-state index in [2.05, 4.69) is 5.32 Å². The second kappa shape index (κ2) is 7.88. The maximum Gasteiger partial charge on any atom is 0.143 e. The van der Waals surface area contributed by atoms with Gasteiger partial charge in [0.25, 0.3) is 0 Å². The highest BCUT2D eigenvalue weighted by Gasteiger charge is 2.08. The number of aliphatic hydroxyl groups excluding tert-OH is 2. The van der Waals surface area contributed by atoms with Crippen molar-refractivity contribution < 1.29 is 14.9 Å². The molecule has 0 aliphatic heterocycles. The van der Waals surface area contributed by atoms with Crippen LogP contribution in [0.15, 0.2) is 48.5 Å². The molecule has 0 bridgehead atoms. The van der Waals surface area contributed by atoms with Gasteiger partial charge in [-0.15, -0.1) is 0 Å². The average molecular weight is 308 g/mol. The molecular weight excluding hydrogens is 290 g/mol. The van der Waals surface area contributed by atoms with E-state index in [4.69, 9.17) is 21.4 Å². The topological polar surface area (TPSA) is 61.7 Å². The fourth-order valence-corrected chi connectivity index (χ4v) is 1.97. The van der Waals surface area contributed by atoms with E-state index in [0.29, 0.717) is 23.1 Å². The van der Waals surface area contributed by atoms with Gasteiger partial charge in [0.05, 0.1) is 18.4 Å². The summed E-state index contributed by atoms with van der Waals surface area (Å²) in [5.41, 5.74) is 1.75. The molecule has 2 aromatic rings. The van der Waals surface area contributed by atoms with Gasteiger partial charge in [-0.1, -0.05) is 41.9 Å². The van der Waals surface area contributed by atoms with Crippen molar-refractivity contribution in [3.05, 3.63) is 59.1 Å². The minimum Gasteiger partial charge on any atom is -0.487 e. The van der Waals surface area contributed by atoms with Crippen molar-refractivity contribution in [3.8, 4) is 5.75 Å². The van der Waals surface area contributed by atoms with E-state index in [9.17, 15) is 5.11 Å². The zero-order valence-electron chi connectivity index (χ0n) is 11.5. The molecule has 2 rings (SSSR count). The number of hydrogen-bond donors (Lipinski definition) is 3. The third-order valence-corrected chi connectivity index (χ3v) is 3.15. The molecule has 0 heterocycles. The predicted octanol–water partition coefficient (Wildman–Crippen LogP) is 2.68. The molecule has 1 unspecified atom stereocenters. The summed E-state index contributed by atoms with van der Waals surface area (Å²) in [5, 5.41) is 21.8. The normalized spacial score (nSPS) is 12.0. The maximum atomic E-state index is 9.40. The van der Waals surface area contributed by atoms with Gasteiger partial charge in [-0.2, -0.15) is 0 Å². The number of anilines is 1. The second-order valence-corrected chi connectivity index (χ2v) is 5.07. The molecule has 0 spiro atoms. The van der Waals surface area contributed by atoms with Crippen LogP contribution in [0.5, 0.6) is 5.75 Å². The van der Waals surface area contributed by atoms with Crippen molar-refractivity contribution in [2.45, 2.75) is 12.7 Å². The summed E-state index contributed by atoms with van der Waals surface area (Å²) in [6.07, 6.45) is -0.828. The first kappa shape index (κ1) is 15.6. The van der Waals surface area contributed by atoms with Gasteiger partial charge < -0.3 is 20.3 Å². The predicted molar refractivity (Wildman–Crippen MR) is 83.8 cm³/mol. The molecule has 0 saturated heterocycles. The van der Waals surface area contributed by atoms with Gasteiger partial charge in [0, 0.05) is 11.6 Å². The molecule has 0 aliphatic carbocycles. The minimum absolute atomic E-state index is 0.221. The Kier molecular flexibility index (Phi) is 5.87. The van der Waals surface area contributed by atoms with Crippen LogP contribution in [-0.4, -0.2) is 29.5 Å². The SMILES string of the molecule is OCC(O)CNc1cc(Cl)ccc1OCc1ccccc1. The molecule has 5 heteroatoms. The van der Waals surface area contributed by atoms with Gasteiger partial charge in [0.1, 0.15) is 12.4 Å². The van der Waals surface area contributed by atoms with Crippen molar-refractivity contribution in [2.75, 3.05) is 18.5 Å². The summed E-state index contributed by atoms with van der Waals surface area (Å²) < 4.78 is 5.78. The highest BCUT2D eigenvalue weighted by Crippen LogP contribution is 2.28. The van der Waals surface area contributed by atoms with Crippen molar-refractivity contribution >= 4 is 17.3 Å². The van der Waals surface area contributed by atoms with Gasteiger partial charge in [-0.05, 0) is 23.8 Å². The molecule has 0 aliphatic rings. The highest BCUT2D eigenvalue weighted by molar-refractivity contribution is 6.30. The van der Waals surface area contributed by atoms with Crippen LogP contribution in [0.25, 0.3) is 0 Å². The summed E-state index contributed by atoms with van der Waals surface area (Å²) in [6.45, 7) is 0.367. The number of ether oxygens (including phenoxy) is 1.